The number of carboxylic acid groups (broad SMARTS) is 2. The van der Waals surface area contributed by atoms with Crippen LogP contribution in [0.2, 0.25) is 0 Å². The first kappa shape index (κ1) is 18.9. The fourth-order valence-electron chi connectivity index (χ4n) is 2.17. The quantitative estimate of drug-likeness (QED) is 0.654. The van der Waals surface area contributed by atoms with Crippen LogP contribution in [-0.4, -0.2) is 22.2 Å². The zero-order valence-corrected chi connectivity index (χ0v) is 14.9. The van der Waals surface area contributed by atoms with Crippen molar-refractivity contribution < 1.29 is 46.0 Å². The van der Waals surface area contributed by atoms with Crippen LogP contribution in [0.3, 0.4) is 0 Å². The van der Waals surface area contributed by atoms with Gasteiger partial charge in [0.2, 0.25) is 0 Å². The molecule has 0 amide bonds. The minimum Gasteiger partial charge on any atom is -0.478 e. The third kappa shape index (κ3) is 4.67. The van der Waals surface area contributed by atoms with E-state index in [9.17, 15) is 9.59 Å². The number of fused-ring (bicyclic) bond motifs is 1. The van der Waals surface area contributed by atoms with E-state index in [1.807, 2.05) is 0 Å². The minimum atomic E-state index is -1.11. The number of rotatable bonds is 2. The zero-order valence-electron chi connectivity index (χ0n) is 12.5. The van der Waals surface area contributed by atoms with Crippen molar-refractivity contribution >= 4 is 22.7 Å². The molecule has 0 aromatic heterocycles. The third-order valence-electron chi connectivity index (χ3n) is 3.34. The van der Waals surface area contributed by atoms with Crippen molar-refractivity contribution in [2.45, 2.75) is 6.92 Å². The van der Waals surface area contributed by atoms with Crippen LogP contribution in [0.4, 0.5) is 0 Å². The van der Waals surface area contributed by atoms with E-state index in [0.29, 0.717) is 0 Å². The van der Waals surface area contributed by atoms with Crippen LogP contribution < -0.4 is 0 Å². The van der Waals surface area contributed by atoms with E-state index < -0.39 is 11.9 Å². The fourth-order valence-corrected chi connectivity index (χ4v) is 2.17. The molecule has 0 aliphatic carbocycles. The average molecular weight is 387 g/mol. The maximum atomic E-state index is 10.6. The van der Waals surface area contributed by atoms with Crippen LogP contribution >= 0.6 is 0 Å². The first-order chi connectivity index (χ1) is 10.5. The van der Waals surface area contributed by atoms with Gasteiger partial charge in [-0.1, -0.05) is 12.1 Å². The molecule has 0 heterocycles. The summed E-state index contributed by atoms with van der Waals surface area (Å²) in [4.78, 5) is 21.2. The minimum absolute atomic E-state index is 0. The van der Waals surface area contributed by atoms with Crippen molar-refractivity contribution in [3.63, 3.8) is 0 Å². The van der Waals surface area contributed by atoms with Crippen molar-refractivity contribution in [3.8, 4) is 0 Å². The Hall–Kier alpha value is -2.13. The summed E-state index contributed by atoms with van der Waals surface area (Å²) in [6, 6.07) is 18.8. The molecular weight excluding hydrogens is 371 g/mol. The molecular formula is C18H15O4Zr-. The Morgan fingerprint density at radius 2 is 1.43 bits per heavy atom. The monoisotopic (exact) mass is 385 g/mol. The molecule has 0 aliphatic rings. The molecule has 0 spiro atoms. The Labute approximate surface area is 152 Å². The number of hydrogen-bond acceptors (Lipinski definition) is 2. The predicted octanol–water partition coefficient (Wildman–Crippen LogP) is 3.95. The molecule has 0 unspecified atom stereocenters. The number of hydrogen-bond donors (Lipinski definition) is 2. The maximum Gasteiger partial charge on any atom is 0.335 e. The van der Waals surface area contributed by atoms with Gasteiger partial charge in [-0.2, -0.15) is 17.5 Å². The van der Waals surface area contributed by atoms with E-state index >= 15 is 0 Å². The van der Waals surface area contributed by atoms with E-state index in [2.05, 4.69) is 42.5 Å². The molecule has 3 aromatic carbocycles. The summed E-state index contributed by atoms with van der Waals surface area (Å²) >= 11 is 0. The molecule has 0 aliphatic heterocycles. The summed E-state index contributed by atoms with van der Waals surface area (Å²) in [6.45, 7) is 1.48. The Morgan fingerprint density at radius 3 is 1.96 bits per heavy atom. The first-order valence-electron chi connectivity index (χ1n) is 6.67. The van der Waals surface area contributed by atoms with Crippen LogP contribution in [0.1, 0.15) is 26.3 Å². The van der Waals surface area contributed by atoms with Gasteiger partial charge in [0.15, 0.2) is 0 Å². The molecule has 23 heavy (non-hydrogen) atoms. The zero-order chi connectivity index (χ0) is 16.1. The van der Waals surface area contributed by atoms with Crippen LogP contribution in [-0.2, 0) is 26.2 Å². The number of carbonyl (C=O) groups is 2. The molecule has 116 valence electrons. The first-order valence-corrected chi connectivity index (χ1v) is 6.67. The van der Waals surface area contributed by atoms with Crippen molar-refractivity contribution in [2.75, 3.05) is 0 Å². The van der Waals surface area contributed by atoms with E-state index in [-0.39, 0.29) is 42.9 Å². The van der Waals surface area contributed by atoms with E-state index in [1.165, 1.54) is 35.9 Å². The predicted molar refractivity (Wildman–Crippen MR) is 84.6 cm³/mol. The molecule has 0 fully saturated rings. The Balaban J connectivity index is 0.000000232. The summed E-state index contributed by atoms with van der Waals surface area (Å²) in [5.74, 6) is -2.22. The average Bonchev–Trinajstić information content (AvgIpc) is 2.96. The Kier molecular flexibility index (Phi) is 6.99. The summed E-state index contributed by atoms with van der Waals surface area (Å²) in [5.41, 5.74) is 0.335. The van der Waals surface area contributed by atoms with Gasteiger partial charge in [0.1, 0.15) is 0 Å². The Bertz CT molecular complexity index is 758. The van der Waals surface area contributed by atoms with Gasteiger partial charge in [0.25, 0.3) is 0 Å². The van der Waals surface area contributed by atoms with Gasteiger partial charge < -0.3 is 10.2 Å². The maximum absolute atomic E-state index is 10.6. The smallest absolute Gasteiger partial charge is 0.335 e. The van der Waals surface area contributed by atoms with E-state index in [4.69, 9.17) is 10.2 Å². The van der Waals surface area contributed by atoms with E-state index in [0.717, 1.165) is 0 Å². The third-order valence-corrected chi connectivity index (χ3v) is 3.34. The Morgan fingerprint density at radius 1 is 0.870 bits per heavy atom. The molecule has 0 atom stereocenters. The van der Waals surface area contributed by atoms with E-state index in [1.54, 1.807) is 0 Å². The van der Waals surface area contributed by atoms with Crippen LogP contribution in [0.15, 0.2) is 60.7 Å². The van der Waals surface area contributed by atoms with Gasteiger partial charge >= 0.3 is 11.9 Å². The topological polar surface area (TPSA) is 74.6 Å². The van der Waals surface area contributed by atoms with Crippen molar-refractivity contribution in [1.29, 1.82) is 0 Å². The van der Waals surface area contributed by atoms with Gasteiger partial charge in [-0.3, -0.25) is 0 Å². The molecule has 0 saturated carbocycles. The largest absolute Gasteiger partial charge is 0.478 e. The molecule has 3 aromatic rings. The van der Waals surface area contributed by atoms with Crippen molar-refractivity contribution in [2.24, 2.45) is 0 Å². The second-order valence-corrected chi connectivity index (χ2v) is 4.74. The molecule has 0 bridgehead atoms. The van der Waals surface area contributed by atoms with Crippen molar-refractivity contribution in [3.05, 3.63) is 77.4 Å². The second-order valence-electron chi connectivity index (χ2n) is 4.74. The van der Waals surface area contributed by atoms with Crippen LogP contribution in [0.5, 0.6) is 0 Å². The molecule has 0 radical (unpaired) electrons. The molecule has 3 rings (SSSR count). The standard InChI is InChI=1S/C9H8O4.C9H7.Zr/c1-5-6(8(10)11)3-2-4-7(5)9(12)13;1-2-5-9-7-3-6-8(9)4-1;/h2-4H,1H3,(H,10,11)(H,12,13);1-7H;/q;-1;. The summed E-state index contributed by atoms with van der Waals surface area (Å²) in [6.07, 6.45) is 0. The van der Waals surface area contributed by atoms with Gasteiger partial charge in [0, 0.05) is 26.2 Å². The van der Waals surface area contributed by atoms with Crippen molar-refractivity contribution in [1.82, 2.24) is 0 Å². The second kappa shape index (κ2) is 8.49. The summed E-state index contributed by atoms with van der Waals surface area (Å²) in [7, 11) is 0. The SMILES string of the molecule is Cc1c(C(=O)O)cccc1C(=O)O.[Zr].c1ccc2[cH-]ccc2c1. The number of benzene rings is 2. The normalized spacial score (nSPS) is 9.43. The van der Waals surface area contributed by atoms with Gasteiger partial charge in [-0.05, 0) is 24.6 Å². The number of aromatic carboxylic acids is 2. The fraction of sp³-hybridized carbons (Fsp3) is 0.0556. The molecule has 2 N–H and O–H groups in total. The molecule has 4 nitrogen and oxygen atoms in total. The van der Waals surface area contributed by atoms with Crippen LogP contribution in [0.25, 0.3) is 10.8 Å². The summed E-state index contributed by atoms with van der Waals surface area (Å²) in [5, 5.41) is 20.0. The van der Waals surface area contributed by atoms with Gasteiger partial charge in [0.05, 0.1) is 11.1 Å². The van der Waals surface area contributed by atoms with Crippen LogP contribution in [0, 0.1) is 6.92 Å². The summed E-state index contributed by atoms with van der Waals surface area (Å²) < 4.78 is 0. The number of carboxylic acids is 2. The van der Waals surface area contributed by atoms with Gasteiger partial charge in [-0.25, -0.2) is 9.59 Å². The van der Waals surface area contributed by atoms with Gasteiger partial charge in [-0.15, -0.1) is 29.7 Å². The molecule has 0 saturated heterocycles. The molecule has 5 heteroatoms.